The van der Waals surface area contributed by atoms with Gasteiger partial charge in [0, 0.05) is 0 Å². The third-order valence-corrected chi connectivity index (χ3v) is 2.79. The SMILES string of the molecule is NCc1cccc[c]1[Zn+].[Cl-]. The fourth-order valence-electron chi connectivity index (χ4n) is 0.757. The van der Waals surface area contributed by atoms with Gasteiger partial charge in [-0.15, -0.1) is 0 Å². The van der Waals surface area contributed by atoms with Crippen LogP contribution in [0, 0.1) is 0 Å². The van der Waals surface area contributed by atoms with Gasteiger partial charge in [-0.25, -0.2) is 0 Å². The molecule has 0 aliphatic heterocycles. The molecule has 0 fully saturated rings. The van der Waals surface area contributed by atoms with Crippen LogP contribution in [-0.2, 0) is 24.8 Å². The van der Waals surface area contributed by atoms with Crippen molar-refractivity contribution in [1.82, 2.24) is 0 Å². The van der Waals surface area contributed by atoms with Gasteiger partial charge < -0.3 is 12.4 Å². The van der Waals surface area contributed by atoms with Crippen molar-refractivity contribution in [2.24, 2.45) is 5.73 Å². The van der Waals surface area contributed by atoms with Crippen molar-refractivity contribution < 1.29 is 30.7 Å². The maximum atomic E-state index is 5.47. The molecule has 0 spiro atoms. The van der Waals surface area contributed by atoms with Gasteiger partial charge >= 0.3 is 64.6 Å². The average Bonchev–Trinajstić information content (AvgIpc) is 1.89. The van der Waals surface area contributed by atoms with Crippen LogP contribution in [0.25, 0.3) is 0 Å². The van der Waals surface area contributed by atoms with Gasteiger partial charge in [0.1, 0.15) is 0 Å². The molecule has 0 aliphatic rings. The van der Waals surface area contributed by atoms with Crippen molar-refractivity contribution in [3.05, 3.63) is 29.8 Å². The van der Waals surface area contributed by atoms with Gasteiger partial charge in [0.15, 0.2) is 0 Å². The first-order chi connectivity index (χ1) is 4.34. The fourth-order valence-corrected chi connectivity index (χ4v) is 1.59. The Balaban J connectivity index is 0.000000810. The second-order valence-electron chi connectivity index (χ2n) is 1.97. The van der Waals surface area contributed by atoms with E-state index in [0.29, 0.717) is 6.54 Å². The predicted molar refractivity (Wildman–Crippen MR) is 34.0 cm³/mol. The van der Waals surface area contributed by atoms with Crippen LogP contribution in [0.3, 0.4) is 0 Å². The molecule has 1 aromatic rings. The minimum Gasteiger partial charge on any atom is -1.00 e. The standard InChI is InChI=1S/C7H8N.ClH.Zn/c8-6-7-4-2-1-3-5-7;;/h1-4H,6,8H2;1H;/q;;+1/p-1. The van der Waals surface area contributed by atoms with Gasteiger partial charge in [-0.2, -0.15) is 0 Å². The summed E-state index contributed by atoms with van der Waals surface area (Å²) in [5, 5.41) is 0. The summed E-state index contributed by atoms with van der Waals surface area (Å²) in [5.74, 6) is 0. The average molecular weight is 207 g/mol. The molecule has 50 valence electrons. The zero-order valence-electron chi connectivity index (χ0n) is 5.68. The summed E-state index contributed by atoms with van der Waals surface area (Å²) in [6.45, 7) is 0.677. The van der Waals surface area contributed by atoms with Crippen molar-refractivity contribution in [2.45, 2.75) is 6.54 Å². The van der Waals surface area contributed by atoms with E-state index in [1.165, 1.54) is 28.0 Å². The Kier molecular flexibility index (Phi) is 4.89. The summed E-state index contributed by atoms with van der Waals surface area (Å²) in [7, 11) is 0. The first-order valence-electron chi connectivity index (χ1n) is 2.94. The number of nitrogens with two attached hydrogens (primary N) is 1. The van der Waals surface area contributed by atoms with Crippen LogP contribution in [0.5, 0.6) is 0 Å². The molecule has 1 aromatic carbocycles. The molecule has 0 bridgehead atoms. The molecule has 0 heterocycles. The Morgan fingerprint density at radius 1 is 1.30 bits per heavy atom. The molecule has 0 aromatic heterocycles. The smallest absolute Gasteiger partial charge is 1.00 e. The molecule has 0 unspecified atom stereocenters. The topological polar surface area (TPSA) is 26.0 Å². The fraction of sp³-hybridized carbons (Fsp3) is 0.143. The first-order valence-corrected chi connectivity index (χ1v) is 4.43. The van der Waals surface area contributed by atoms with Crippen LogP contribution in [0.15, 0.2) is 24.3 Å². The van der Waals surface area contributed by atoms with Crippen molar-refractivity contribution >= 4 is 4.16 Å². The minimum atomic E-state index is 0. The molecule has 10 heavy (non-hydrogen) atoms. The molecule has 0 radical (unpaired) electrons. The summed E-state index contributed by atoms with van der Waals surface area (Å²) in [5.41, 5.74) is 6.76. The van der Waals surface area contributed by atoms with Gasteiger partial charge in [-0.05, 0) is 0 Å². The number of benzene rings is 1. The second-order valence-corrected chi connectivity index (χ2v) is 3.57. The maximum absolute atomic E-state index is 5.47. The molecule has 3 heteroatoms. The Bertz CT molecular complexity index is 203. The number of rotatable bonds is 1. The van der Waals surface area contributed by atoms with Gasteiger partial charge in [-0.1, -0.05) is 0 Å². The van der Waals surface area contributed by atoms with Crippen molar-refractivity contribution in [1.29, 1.82) is 0 Å². The van der Waals surface area contributed by atoms with Crippen LogP contribution in [0.1, 0.15) is 5.56 Å². The summed E-state index contributed by atoms with van der Waals surface area (Å²) in [6, 6.07) is 8.29. The summed E-state index contributed by atoms with van der Waals surface area (Å²) < 4.78 is 1.40. The summed E-state index contributed by atoms with van der Waals surface area (Å²) in [6.07, 6.45) is 0. The van der Waals surface area contributed by atoms with E-state index in [9.17, 15) is 0 Å². The van der Waals surface area contributed by atoms with Gasteiger partial charge in [0.2, 0.25) is 0 Å². The van der Waals surface area contributed by atoms with E-state index in [1.807, 2.05) is 6.07 Å². The van der Waals surface area contributed by atoms with E-state index in [0.717, 1.165) is 0 Å². The van der Waals surface area contributed by atoms with Crippen LogP contribution in [0.4, 0.5) is 0 Å². The number of hydrogen-bond acceptors (Lipinski definition) is 1. The quantitative estimate of drug-likeness (QED) is 0.499. The molecule has 1 nitrogen and oxygen atoms in total. The Morgan fingerprint density at radius 2 is 1.90 bits per heavy atom. The van der Waals surface area contributed by atoms with E-state index in [4.69, 9.17) is 5.73 Å². The van der Waals surface area contributed by atoms with Crippen LogP contribution in [-0.4, -0.2) is 0 Å². The molecule has 0 amide bonds. The minimum absolute atomic E-state index is 0. The van der Waals surface area contributed by atoms with Crippen LogP contribution in [0.2, 0.25) is 0 Å². The number of halogens is 1. The third kappa shape index (κ3) is 2.38. The summed E-state index contributed by atoms with van der Waals surface area (Å²) >= 11 is 1.20. The van der Waals surface area contributed by atoms with E-state index in [2.05, 4.69) is 18.2 Å². The molecule has 1 rings (SSSR count). The molecule has 0 saturated carbocycles. The molecule has 0 aliphatic carbocycles. The van der Waals surface area contributed by atoms with E-state index >= 15 is 0 Å². The molecule has 0 atom stereocenters. The molecular weight excluding hydrogens is 199 g/mol. The predicted octanol–water partition coefficient (Wildman–Crippen LogP) is -2.68. The molecular formula is C7H8ClNZn. The Labute approximate surface area is 77.1 Å². The zero-order valence-corrected chi connectivity index (χ0v) is 9.40. The molecule has 0 saturated heterocycles. The van der Waals surface area contributed by atoms with E-state index < -0.39 is 0 Å². The Morgan fingerprint density at radius 3 is 2.30 bits per heavy atom. The van der Waals surface area contributed by atoms with Crippen LogP contribution < -0.4 is 22.3 Å². The van der Waals surface area contributed by atoms with Gasteiger partial charge in [-0.3, -0.25) is 0 Å². The van der Waals surface area contributed by atoms with Crippen molar-refractivity contribution in [2.75, 3.05) is 0 Å². The van der Waals surface area contributed by atoms with E-state index in [-0.39, 0.29) is 12.4 Å². The van der Waals surface area contributed by atoms with Crippen LogP contribution >= 0.6 is 0 Å². The molecule has 2 N–H and O–H groups in total. The van der Waals surface area contributed by atoms with Gasteiger partial charge in [0.25, 0.3) is 0 Å². The first kappa shape index (κ1) is 10.1. The van der Waals surface area contributed by atoms with Gasteiger partial charge in [0.05, 0.1) is 0 Å². The third-order valence-electron chi connectivity index (χ3n) is 1.34. The van der Waals surface area contributed by atoms with E-state index in [1.54, 1.807) is 0 Å². The van der Waals surface area contributed by atoms with Crippen molar-refractivity contribution in [3.63, 3.8) is 0 Å². The monoisotopic (exact) mass is 205 g/mol. The zero-order chi connectivity index (χ0) is 6.69. The normalized spacial score (nSPS) is 8.70. The Hall–Kier alpha value is 0.0934. The summed E-state index contributed by atoms with van der Waals surface area (Å²) in [4.78, 5) is 0. The largest absolute Gasteiger partial charge is 1.00 e. The van der Waals surface area contributed by atoms with Crippen molar-refractivity contribution in [3.8, 4) is 0 Å². The number of hydrogen-bond donors (Lipinski definition) is 1. The maximum Gasteiger partial charge on any atom is -1.00 e. The second kappa shape index (κ2) is 4.84.